The standard InChI is InChI=1S/C19H23N3O2/c1-14-8-10-22(11-9-14)19(23)18-7-6-16(13-20-18)21-15-4-3-5-17(12-15)24-2/h3-7,12-14,21H,8-11H2,1-2H3. The van der Waals surface area contributed by atoms with Crippen molar-refractivity contribution in [1.82, 2.24) is 9.88 Å². The first-order chi connectivity index (χ1) is 11.7. The van der Waals surface area contributed by atoms with Crippen LogP contribution in [0, 0.1) is 5.92 Å². The van der Waals surface area contributed by atoms with Crippen LogP contribution in [0.4, 0.5) is 11.4 Å². The number of pyridine rings is 1. The summed E-state index contributed by atoms with van der Waals surface area (Å²) in [5.74, 6) is 1.52. The van der Waals surface area contributed by atoms with Gasteiger partial charge in [-0.2, -0.15) is 0 Å². The van der Waals surface area contributed by atoms with Gasteiger partial charge in [-0.1, -0.05) is 13.0 Å². The minimum absolute atomic E-state index is 0.0230. The van der Waals surface area contributed by atoms with E-state index in [0.717, 1.165) is 43.1 Å². The predicted octanol–water partition coefficient (Wildman–Crippen LogP) is 3.71. The number of hydrogen-bond acceptors (Lipinski definition) is 4. The Kier molecular flexibility index (Phi) is 4.99. The molecule has 5 heteroatoms. The van der Waals surface area contributed by atoms with Gasteiger partial charge in [0.2, 0.25) is 0 Å². The average molecular weight is 325 g/mol. The summed E-state index contributed by atoms with van der Waals surface area (Å²) in [6.07, 6.45) is 3.84. The minimum Gasteiger partial charge on any atom is -0.497 e. The van der Waals surface area contributed by atoms with E-state index in [9.17, 15) is 4.79 Å². The topological polar surface area (TPSA) is 54.5 Å². The quantitative estimate of drug-likeness (QED) is 0.931. The predicted molar refractivity (Wildman–Crippen MR) is 94.8 cm³/mol. The Morgan fingerprint density at radius 3 is 2.67 bits per heavy atom. The first-order valence-corrected chi connectivity index (χ1v) is 8.32. The third-order valence-corrected chi connectivity index (χ3v) is 4.41. The van der Waals surface area contributed by atoms with Crippen molar-refractivity contribution >= 4 is 17.3 Å². The lowest BCUT2D eigenvalue weighted by atomic mass is 9.99. The average Bonchev–Trinajstić information content (AvgIpc) is 2.62. The molecule has 2 heterocycles. The summed E-state index contributed by atoms with van der Waals surface area (Å²) in [6.45, 7) is 3.89. The summed E-state index contributed by atoms with van der Waals surface area (Å²) < 4.78 is 5.21. The van der Waals surface area contributed by atoms with E-state index in [1.54, 1.807) is 19.4 Å². The van der Waals surface area contributed by atoms with Gasteiger partial charge in [0.05, 0.1) is 19.0 Å². The number of carbonyl (C=O) groups excluding carboxylic acids is 1. The first-order valence-electron chi connectivity index (χ1n) is 8.32. The number of ether oxygens (including phenoxy) is 1. The molecule has 1 aliphatic rings. The molecule has 0 saturated carbocycles. The fourth-order valence-electron chi connectivity index (χ4n) is 2.84. The van der Waals surface area contributed by atoms with E-state index in [0.29, 0.717) is 11.6 Å². The molecule has 1 N–H and O–H groups in total. The van der Waals surface area contributed by atoms with Crippen LogP contribution >= 0.6 is 0 Å². The third kappa shape index (κ3) is 3.85. The molecule has 0 bridgehead atoms. The van der Waals surface area contributed by atoms with Gasteiger partial charge in [-0.15, -0.1) is 0 Å². The van der Waals surface area contributed by atoms with E-state index in [2.05, 4.69) is 17.2 Å². The van der Waals surface area contributed by atoms with Crippen LogP contribution in [0.3, 0.4) is 0 Å². The highest BCUT2D eigenvalue weighted by Gasteiger charge is 2.22. The third-order valence-electron chi connectivity index (χ3n) is 4.41. The van der Waals surface area contributed by atoms with Crippen LogP contribution in [0.15, 0.2) is 42.6 Å². The zero-order valence-electron chi connectivity index (χ0n) is 14.2. The summed E-state index contributed by atoms with van der Waals surface area (Å²) in [4.78, 5) is 18.7. The Labute approximate surface area is 142 Å². The van der Waals surface area contributed by atoms with Gasteiger partial charge >= 0.3 is 0 Å². The maximum Gasteiger partial charge on any atom is 0.272 e. The van der Waals surface area contributed by atoms with Crippen molar-refractivity contribution < 1.29 is 9.53 Å². The lowest BCUT2D eigenvalue weighted by Crippen LogP contribution is -2.38. The highest BCUT2D eigenvalue weighted by Crippen LogP contribution is 2.22. The van der Waals surface area contributed by atoms with Gasteiger partial charge in [0.15, 0.2) is 0 Å². The molecule has 1 aromatic heterocycles. The van der Waals surface area contributed by atoms with Crippen LogP contribution in [0.2, 0.25) is 0 Å². The van der Waals surface area contributed by atoms with Gasteiger partial charge < -0.3 is 15.0 Å². The Hall–Kier alpha value is -2.56. The van der Waals surface area contributed by atoms with Crippen molar-refractivity contribution in [3.8, 4) is 5.75 Å². The molecular weight excluding hydrogens is 302 g/mol. The van der Waals surface area contributed by atoms with Crippen LogP contribution in [0.25, 0.3) is 0 Å². The number of anilines is 2. The van der Waals surface area contributed by atoms with E-state index in [-0.39, 0.29) is 5.91 Å². The van der Waals surface area contributed by atoms with Gasteiger partial charge in [0, 0.05) is 24.8 Å². The van der Waals surface area contributed by atoms with E-state index in [1.165, 1.54) is 0 Å². The molecule has 1 amide bonds. The molecule has 5 nitrogen and oxygen atoms in total. The monoisotopic (exact) mass is 325 g/mol. The molecule has 1 aliphatic heterocycles. The molecule has 0 spiro atoms. The van der Waals surface area contributed by atoms with E-state index >= 15 is 0 Å². The Bertz CT molecular complexity index is 692. The molecule has 126 valence electrons. The molecule has 0 radical (unpaired) electrons. The van der Waals surface area contributed by atoms with Crippen molar-refractivity contribution in [2.75, 3.05) is 25.5 Å². The summed E-state index contributed by atoms with van der Waals surface area (Å²) in [6, 6.07) is 11.3. The van der Waals surface area contributed by atoms with Crippen LogP contribution in [-0.2, 0) is 0 Å². The highest BCUT2D eigenvalue weighted by atomic mass is 16.5. The number of aromatic nitrogens is 1. The number of methoxy groups -OCH3 is 1. The zero-order chi connectivity index (χ0) is 16.9. The second-order valence-electron chi connectivity index (χ2n) is 6.26. The number of benzene rings is 1. The summed E-state index contributed by atoms with van der Waals surface area (Å²) in [5.41, 5.74) is 2.26. The smallest absolute Gasteiger partial charge is 0.272 e. The number of amides is 1. The number of carbonyl (C=O) groups is 1. The number of nitrogens with zero attached hydrogens (tertiary/aromatic N) is 2. The molecule has 24 heavy (non-hydrogen) atoms. The number of rotatable bonds is 4. The Morgan fingerprint density at radius 1 is 1.21 bits per heavy atom. The van der Waals surface area contributed by atoms with Crippen molar-refractivity contribution in [2.24, 2.45) is 5.92 Å². The molecule has 2 aromatic rings. The van der Waals surface area contributed by atoms with Crippen LogP contribution in [-0.4, -0.2) is 36.0 Å². The Morgan fingerprint density at radius 2 is 2.00 bits per heavy atom. The lowest BCUT2D eigenvalue weighted by molar-refractivity contribution is 0.0691. The number of likely N-dealkylation sites (tertiary alicyclic amines) is 1. The molecule has 1 aromatic carbocycles. The SMILES string of the molecule is COc1cccc(Nc2ccc(C(=O)N3CCC(C)CC3)nc2)c1. The number of nitrogens with one attached hydrogen (secondary N) is 1. The maximum atomic E-state index is 12.5. The van der Waals surface area contributed by atoms with E-state index < -0.39 is 0 Å². The molecule has 0 aliphatic carbocycles. The number of piperidine rings is 1. The van der Waals surface area contributed by atoms with Crippen molar-refractivity contribution in [1.29, 1.82) is 0 Å². The van der Waals surface area contributed by atoms with E-state index in [1.807, 2.05) is 35.2 Å². The second-order valence-corrected chi connectivity index (χ2v) is 6.26. The first kappa shape index (κ1) is 16.3. The van der Waals surface area contributed by atoms with Crippen LogP contribution in [0.5, 0.6) is 5.75 Å². The molecule has 1 saturated heterocycles. The normalized spacial score (nSPS) is 15.2. The fourth-order valence-corrected chi connectivity index (χ4v) is 2.84. The molecule has 0 unspecified atom stereocenters. The van der Waals surface area contributed by atoms with Gasteiger partial charge in [-0.05, 0) is 43.0 Å². The largest absolute Gasteiger partial charge is 0.497 e. The molecule has 3 rings (SSSR count). The maximum absolute atomic E-state index is 12.5. The van der Waals surface area contributed by atoms with E-state index in [4.69, 9.17) is 4.74 Å². The highest BCUT2D eigenvalue weighted by molar-refractivity contribution is 5.92. The molecule has 0 atom stereocenters. The summed E-state index contributed by atoms with van der Waals surface area (Å²) in [5, 5.41) is 3.26. The van der Waals surface area contributed by atoms with Crippen molar-refractivity contribution in [2.45, 2.75) is 19.8 Å². The number of hydrogen-bond donors (Lipinski definition) is 1. The second kappa shape index (κ2) is 7.34. The van der Waals surface area contributed by atoms with Crippen molar-refractivity contribution in [3.05, 3.63) is 48.3 Å². The van der Waals surface area contributed by atoms with Gasteiger partial charge in [-0.25, -0.2) is 4.98 Å². The zero-order valence-corrected chi connectivity index (χ0v) is 14.2. The fraction of sp³-hybridized carbons (Fsp3) is 0.368. The van der Waals surface area contributed by atoms with Crippen molar-refractivity contribution in [3.63, 3.8) is 0 Å². The minimum atomic E-state index is 0.0230. The molecule has 1 fully saturated rings. The molecular formula is C19H23N3O2. The van der Waals surface area contributed by atoms with Crippen LogP contribution < -0.4 is 10.1 Å². The summed E-state index contributed by atoms with van der Waals surface area (Å²) >= 11 is 0. The van der Waals surface area contributed by atoms with Gasteiger partial charge in [0.1, 0.15) is 11.4 Å². The Balaban J connectivity index is 1.65. The summed E-state index contributed by atoms with van der Waals surface area (Å²) in [7, 11) is 1.64. The lowest BCUT2D eigenvalue weighted by Gasteiger charge is -2.30. The van der Waals surface area contributed by atoms with Crippen LogP contribution in [0.1, 0.15) is 30.3 Å². The van der Waals surface area contributed by atoms with Gasteiger partial charge in [0.25, 0.3) is 5.91 Å². The van der Waals surface area contributed by atoms with Gasteiger partial charge in [-0.3, -0.25) is 4.79 Å².